The zero-order valence-corrected chi connectivity index (χ0v) is 15.9. The highest BCUT2D eigenvalue weighted by Crippen LogP contribution is 2.41. The fraction of sp³-hybridized carbons (Fsp3) is 0.316. The van der Waals surface area contributed by atoms with Crippen LogP contribution >= 0.6 is 27.5 Å². The fourth-order valence-electron chi connectivity index (χ4n) is 3.76. The molecule has 2 N–H and O–H groups in total. The molecule has 0 bridgehead atoms. The number of aryl methyl sites for hydroxylation is 1. The van der Waals surface area contributed by atoms with Crippen molar-refractivity contribution in [3.8, 4) is 0 Å². The van der Waals surface area contributed by atoms with E-state index in [2.05, 4.69) is 46.1 Å². The Labute approximate surface area is 154 Å². The average molecular weight is 406 g/mol. The number of hydrogen-bond donors (Lipinski definition) is 2. The summed E-state index contributed by atoms with van der Waals surface area (Å²) in [6.45, 7) is 4.56. The summed E-state index contributed by atoms with van der Waals surface area (Å²) in [5, 5.41) is 3.52. The van der Waals surface area contributed by atoms with Crippen molar-refractivity contribution in [2.75, 3.05) is 5.32 Å². The van der Waals surface area contributed by atoms with Gasteiger partial charge in [-0.05, 0) is 70.4 Å². The number of halogens is 2. The summed E-state index contributed by atoms with van der Waals surface area (Å²) in [7, 11) is 0. The van der Waals surface area contributed by atoms with Gasteiger partial charge in [0.15, 0.2) is 0 Å². The molecular formula is C19H18BrClN2O. The van der Waals surface area contributed by atoms with Crippen LogP contribution in [-0.4, -0.2) is 10.9 Å². The Balaban J connectivity index is 1.81. The summed E-state index contributed by atoms with van der Waals surface area (Å²) >= 11 is 9.63. The van der Waals surface area contributed by atoms with Gasteiger partial charge < -0.3 is 10.3 Å². The summed E-state index contributed by atoms with van der Waals surface area (Å²) in [6.07, 6.45) is 5.39. The van der Waals surface area contributed by atoms with Gasteiger partial charge in [-0.3, -0.25) is 4.79 Å². The maximum Gasteiger partial charge on any atom is 0.256 e. The Morgan fingerprint density at radius 1 is 1.29 bits per heavy atom. The van der Waals surface area contributed by atoms with Gasteiger partial charge in [-0.15, -0.1) is 0 Å². The third-order valence-electron chi connectivity index (χ3n) is 5.01. The molecule has 2 aromatic rings. The second kappa shape index (κ2) is 5.50. The number of rotatable bonds is 1. The van der Waals surface area contributed by atoms with Gasteiger partial charge in [-0.25, -0.2) is 0 Å². The highest BCUT2D eigenvalue weighted by Gasteiger charge is 2.30. The molecule has 2 aliphatic rings. The molecule has 0 fully saturated rings. The van der Waals surface area contributed by atoms with Crippen LogP contribution in [0.1, 0.15) is 49.2 Å². The SMILES string of the molecule is CC1(C)CCCc2[nH]c(C=C3C(=O)Nc4c(Br)cc(Cl)cc43)cc21. The van der Waals surface area contributed by atoms with Crippen molar-refractivity contribution >= 4 is 50.8 Å². The number of anilines is 1. The maximum atomic E-state index is 12.4. The lowest BCUT2D eigenvalue weighted by atomic mass is 9.75. The number of aromatic amines is 1. The molecule has 0 radical (unpaired) electrons. The fourth-order valence-corrected chi connectivity index (χ4v) is 4.67. The number of nitrogens with one attached hydrogen (secondary N) is 2. The summed E-state index contributed by atoms with van der Waals surface area (Å²) in [5.41, 5.74) is 6.09. The maximum absolute atomic E-state index is 12.4. The molecule has 5 heteroatoms. The molecule has 0 unspecified atom stereocenters. The molecule has 0 spiro atoms. The Morgan fingerprint density at radius 2 is 2.08 bits per heavy atom. The summed E-state index contributed by atoms with van der Waals surface area (Å²) in [4.78, 5) is 15.9. The van der Waals surface area contributed by atoms with E-state index in [1.54, 1.807) is 6.07 Å². The van der Waals surface area contributed by atoms with Gasteiger partial charge >= 0.3 is 0 Å². The Morgan fingerprint density at radius 3 is 2.83 bits per heavy atom. The van der Waals surface area contributed by atoms with Crippen molar-refractivity contribution < 1.29 is 4.79 Å². The molecule has 1 aromatic heterocycles. The van der Waals surface area contributed by atoms with Crippen LogP contribution in [0.15, 0.2) is 22.7 Å². The molecule has 0 saturated heterocycles. The van der Waals surface area contributed by atoms with Crippen LogP contribution in [-0.2, 0) is 16.6 Å². The molecule has 124 valence electrons. The van der Waals surface area contributed by atoms with Crippen molar-refractivity contribution in [2.45, 2.75) is 38.5 Å². The predicted molar refractivity (Wildman–Crippen MR) is 102 cm³/mol. The van der Waals surface area contributed by atoms with E-state index in [9.17, 15) is 4.79 Å². The van der Waals surface area contributed by atoms with E-state index < -0.39 is 0 Å². The molecule has 24 heavy (non-hydrogen) atoms. The lowest BCUT2D eigenvalue weighted by Crippen LogP contribution is -2.22. The first kappa shape index (κ1) is 16.0. The van der Waals surface area contributed by atoms with Crippen LogP contribution in [0, 0.1) is 0 Å². The smallest absolute Gasteiger partial charge is 0.256 e. The van der Waals surface area contributed by atoms with Crippen LogP contribution < -0.4 is 5.32 Å². The number of aromatic nitrogens is 1. The third-order valence-corrected chi connectivity index (χ3v) is 5.85. The number of carbonyl (C=O) groups excluding carboxylic acids is 1. The van der Waals surface area contributed by atoms with Gasteiger partial charge in [0, 0.05) is 26.4 Å². The minimum Gasteiger partial charge on any atom is -0.359 e. The second-order valence-electron chi connectivity index (χ2n) is 7.18. The number of hydrogen-bond acceptors (Lipinski definition) is 1. The molecule has 4 rings (SSSR count). The zero-order chi connectivity index (χ0) is 17.1. The van der Waals surface area contributed by atoms with Gasteiger partial charge in [-0.1, -0.05) is 25.4 Å². The van der Waals surface area contributed by atoms with E-state index in [1.165, 1.54) is 24.1 Å². The van der Waals surface area contributed by atoms with E-state index in [0.29, 0.717) is 10.6 Å². The van der Waals surface area contributed by atoms with Gasteiger partial charge in [0.05, 0.1) is 11.3 Å². The minimum atomic E-state index is -0.0974. The molecule has 1 aliphatic heterocycles. The van der Waals surface area contributed by atoms with E-state index in [1.807, 2.05) is 12.1 Å². The summed E-state index contributed by atoms with van der Waals surface area (Å²) in [5.74, 6) is -0.0974. The van der Waals surface area contributed by atoms with E-state index in [4.69, 9.17) is 11.6 Å². The standard InChI is InChI=1S/C19H18BrClN2O/c1-19(2)5-3-4-16-14(19)9-11(22-16)8-13-12-6-10(21)7-15(20)17(12)23-18(13)24/h6-9,22H,3-5H2,1-2H3,(H,23,24). The van der Waals surface area contributed by atoms with Gasteiger partial charge in [-0.2, -0.15) is 0 Å². The number of fused-ring (bicyclic) bond motifs is 2. The first-order valence-electron chi connectivity index (χ1n) is 8.10. The van der Waals surface area contributed by atoms with Crippen LogP contribution in [0.4, 0.5) is 5.69 Å². The van der Waals surface area contributed by atoms with Crippen molar-refractivity contribution in [2.24, 2.45) is 0 Å². The molecular weight excluding hydrogens is 388 g/mol. The van der Waals surface area contributed by atoms with Crippen LogP contribution in [0.3, 0.4) is 0 Å². The number of carbonyl (C=O) groups is 1. The van der Waals surface area contributed by atoms with Crippen molar-refractivity contribution in [1.29, 1.82) is 0 Å². The monoisotopic (exact) mass is 404 g/mol. The quantitative estimate of drug-likeness (QED) is 0.601. The van der Waals surface area contributed by atoms with Gasteiger partial charge in [0.1, 0.15) is 0 Å². The Bertz CT molecular complexity index is 895. The summed E-state index contributed by atoms with van der Waals surface area (Å²) < 4.78 is 0.800. The Kier molecular flexibility index (Phi) is 3.66. The molecule has 3 nitrogen and oxygen atoms in total. The Hall–Kier alpha value is -1.52. The second-order valence-corrected chi connectivity index (χ2v) is 8.47. The molecule has 1 amide bonds. The van der Waals surface area contributed by atoms with Crippen molar-refractivity contribution in [1.82, 2.24) is 4.98 Å². The molecule has 1 aliphatic carbocycles. The molecule has 2 heterocycles. The predicted octanol–water partition coefficient (Wildman–Crippen LogP) is 5.54. The first-order valence-corrected chi connectivity index (χ1v) is 9.27. The van der Waals surface area contributed by atoms with E-state index >= 15 is 0 Å². The lowest BCUT2D eigenvalue weighted by Gasteiger charge is -2.29. The number of amides is 1. The first-order chi connectivity index (χ1) is 11.3. The highest BCUT2D eigenvalue weighted by molar-refractivity contribution is 9.10. The van der Waals surface area contributed by atoms with Gasteiger partial charge in [0.25, 0.3) is 5.91 Å². The molecule has 0 saturated carbocycles. The van der Waals surface area contributed by atoms with Gasteiger partial charge in [0.2, 0.25) is 0 Å². The minimum absolute atomic E-state index is 0.0974. The number of benzene rings is 1. The highest BCUT2D eigenvalue weighted by atomic mass is 79.9. The van der Waals surface area contributed by atoms with Crippen LogP contribution in [0.5, 0.6) is 0 Å². The van der Waals surface area contributed by atoms with E-state index in [0.717, 1.165) is 27.8 Å². The molecule has 0 atom stereocenters. The van der Waals surface area contributed by atoms with E-state index in [-0.39, 0.29) is 11.3 Å². The lowest BCUT2D eigenvalue weighted by molar-refractivity contribution is -0.110. The summed E-state index contributed by atoms with van der Waals surface area (Å²) in [6, 6.07) is 5.81. The van der Waals surface area contributed by atoms with Crippen molar-refractivity contribution in [3.63, 3.8) is 0 Å². The largest absolute Gasteiger partial charge is 0.359 e. The molecule has 1 aromatic carbocycles. The normalized spacial score (nSPS) is 20.0. The van der Waals surface area contributed by atoms with Crippen molar-refractivity contribution in [3.05, 3.63) is 50.2 Å². The topological polar surface area (TPSA) is 44.9 Å². The number of H-pyrrole nitrogens is 1. The van der Waals surface area contributed by atoms with Crippen LogP contribution in [0.2, 0.25) is 5.02 Å². The van der Waals surface area contributed by atoms with Crippen LogP contribution in [0.25, 0.3) is 11.6 Å². The zero-order valence-electron chi connectivity index (χ0n) is 13.6. The third kappa shape index (κ3) is 2.52. The average Bonchev–Trinajstić information content (AvgIpc) is 3.03.